The molecule has 0 bridgehead atoms. The van der Waals surface area contributed by atoms with E-state index in [1.54, 1.807) is 30.2 Å². The molecule has 1 unspecified atom stereocenters. The maximum atomic E-state index is 12.4. The molecule has 1 amide bonds. The van der Waals surface area contributed by atoms with E-state index in [9.17, 15) is 14.7 Å². The number of piperidine rings is 1. The number of carboxylic acid groups (broad SMARTS) is 1. The molecule has 1 aromatic heterocycles. The molecule has 1 aromatic rings. The molecular weight excluding hydrogens is 320 g/mol. The zero-order chi connectivity index (χ0) is 17.9. The van der Waals surface area contributed by atoms with E-state index in [1.165, 1.54) is 0 Å². The Labute approximate surface area is 147 Å². The Bertz CT molecular complexity index is 678. The van der Waals surface area contributed by atoms with Gasteiger partial charge in [0.2, 0.25) is 11.5 Å². The van der Waals surface area contributed by atoms with Crippen LogP contribution in [0.4, 0.5) is 0 Å². The summed E-state index contributed by atoms with van der Waals surface area (Å²) in [6.45, 7) is 2.60. The van der Waals surface area contributed by atoms with Crippen LogP contribution in [-0.4, -0.2) is 45.6 Å². The Morgan fingerprint density at radius 2 is 2.16 bits per heavy atom. The van der Waals surface area contributed by atoms with Crippen molar-refractivity contribution in [2.45, 2.75) is 44.6 Å². The van der Waals surface area contributed by atoms with E-state index in [0.717, 1.165) is 12.8 Å². The number of carbonyl (C=O) groups is 2. The van der Waals surface area contributed by atoms with E-state index >= 15 is 0 Å². The van der Waals surface area contributed by atoms with E-state index in [-0.39, 0.29) is 18.7 Å². The lowest BCUT2D eigenvalue weighted by Gasteiger charge is -2.39. The minimum Gasteiger partial charge on any atom is -0.478 e. The number of aromatic nitrogens is 1. The maximum Gasteiger partial charge on any atom is 0.348 e. The first-order chi connectivity index (χ1) is 12.0. The third-order valence-electron chi connectivity index (χ3n) is 5.13. The summed E-state index contributed by atoms with van der Waals surface area (Å²) in [6.07, 6.45) is 9.02. The highest BCUT2D eigenvalue weighted by atomic mass is 16.5. The third kappa shape index (κ3) is 3.83. The van der Waals surface area contributed by atoms with Crippen LogP contribution in [-0.2, 0) is 9.59 Å². The van der Waals surface area contributed by atoms with Gasteiger partial charge < -0.3 is 14.7 Å². The number of carbonyl (C=O) groups excluding carboxylic acids is 1. The molecule has 25 heavy (non-hydrogen) atoms. The largest absolute Gasteiger partial charge is 0.478 e. The minimum absolute atomic E-state index is 0.105. The fourth-order valence-corrected chi connectivity index (χ4v) is 3.48. The number of ether oxygens (including phenoxy) is 1. The van der Waals surface area contributed by atoms with Crippen molar-refractivity contribution in [1.82, 2.24) is 9.88 Å². The van der Waals surface area contributed by atoms with Crippen LogP contribution < -0.4 is 4.74 Å². The van der Waals surface area contributed by atoms with Crippen molar-refractivity contribution < 1.29 is 19.4 Å². The Kier molecular flexibility index (Phi) is 5.06. The van der Waals surface area contributed by atoms with E-state index < -0.39 is 11.6 Å². The fraction of sp³-hybridized carbons (Fsp3) is 0.526. The highest BCUT2D eigenvalue weighted by Crippen LogP contribution is 2.31. The number of rotatable bonds is 5. The number of likely N-dealkylation sites (tertiary alicyclic amines) is 1. The fourth-order valence-electron chi connectivity index (χ4n) is 3.48. The van der Waals surface area contributed by atoms with Gasteiger partial charge in [-0.25, -0.2) is 4.79 Å². The van der Waals surface area contributed by atoms with Crippen LogP contribution in [0.1, 0.15) is 37.8 Å². The predicted octanol–water partition coefficient (Wildman–Crippen LogP) is 2.57. The first kappa shape index (κ1) is 17.5. The van der Waals surface area contributed by atoms with Gasteiger partial charge in [-0.3, -0.25) is 9.78 Å². The number of nitrogens with zero attached hydrogens (tertiary/aromatic N) is 2. The predicted molar refractivity (Wildman–Crippen MR) is 92.3 cm³/mol. The molecule has 0 saturated carbocycles. The molecule has 1 fully saturated rings. The highest BCUT2D eigenvalue weighted by Gasteiger charge is 2.45. The molecule has 2 aliphatic rings. The summed E-state index contributed by atoms with van der Waals surface area (Å²) in [7, 11) is 0. The quantitative estimate of drug-likeness (QED) is 0.831. The molecule has 6 nitrogen and oxygen atoms in total. The van der Waals surface area contributed by atoms with Gasteiger partial charge in [0.1, 0.15) is 5.75 Å². The van der Waals surface area contributed by atoms with Crippen LogP contribution in [0.5, 0.6) is 5.75 Å². The molecule has 0 spiro atoms. The number of hydrogen-bond donors (Lipinski definition) is 1. The summed E-state index contributed by atoms with van der Waals surface area (Å²) in [4.78, 5) is 30.2. The molecule has 0 radical (unpaired) electrons. The van der Waals surface area contributed by atoms with Crippen LogP contribution in [0.15, 0.2) is 30.5 Å². The summed E-state index contributed by atoms with van der Waals surface area (Å²) >= 11 is 0. The minimum atomic E-state index is -1.29. The molecule has 1 atom stereocenters. The average Bonchev–Trinajstić information content (AvgIpc) is 3.10. The first-order valence-corrected chi connectivity index (χ1v) is 8.79. The molecule has 1 N–H and O–H groups in total. The number of carboxylic acids is 1. The molecule has 1 aliphatic carbocycles. The summed E-state index contributed by atoms with van der Waals surface area (Å²) in [6, 6.07) is 3.46. The van der Waals surface area contributed by atoms with Gasteiger partial charge in [-0.2, -0.15) is 0 Å². The smallest absolute Gasteiger partial charge is 0.348 e. The van der Waals surface area contributed by atoms with Gasteiger partial charge in [-0.1, -0.05) is 12.2 Å². The van der Waals surface area contributed by atoms with Gasteiger partial charge in [-0.15, -0.1) is 0 Å². The molecule has 1 saturated heterocycles. The van der Waals surface area contributed by atoms with E-state index in [0.29, 0.717) is 36.9 Å². The number of hydrogen-bond acceptors (Lipinski definition) is 4. The highest BCUT2D eigenvalue weighted by molar-refractivity contribution is 5.80. The van der Waals surface area contributed by atoms with Gasteiger partial charge in [0.05, 0.1) is 5.69 Å². The summed E-state index contributed by atoms with van der Waals surface area (Å²) < 4.78 is 5.89. The summed E-state index contributed by atoms with van der Waals surface area (Å²) in [5, 5.41) is 9.74. The van der Waals surface area contributed by atoms with Gasteiger partial charge in [0.25, 0.3) is 0 Å². The Hall–Kier alpha value is -2.37. The van der Waals surface area contributed by atoms with Crippen LogP contribution >= 0.6 is 0 Å². The zero-order valence-corrected chi connectivity index (χ0v) is 14.5. The van der Waals surface area contributed by atoms with Crippen molar-refractivity contribution in [3.8, 4) is 5.75 Å². The van der Waals surface area contributed by atoms with Gasteiger partial charge in [-0.05, 0) is 37.8 Å². The van der Waals surface area contributed by atoms with Crippen molar-refractivity contribution in [1.29, 1.82) is 0 Å². The Morgan fingerprint density at radius 1 is 1.40 bits per heavy atom. The van der Waals surface area contributed by atoms with Crippen molar-refractivity contribution in [3.05, 3.63) is 36.2 Å². The molecular formula is C19H24N2O4. The Morgan fingerprint density at radius 3 is 2.76 bits per heavy atom. The maximum absolute atomic E-state index is 12.4. The number of aryl methyl sites for hydroxylation is 1. The molecule has 0 aromatic carbocycles. The van der Waals surface area contributed by atoms with Crippen LogP contribution in [0, 0.1) is 12.8 Å². The lowest BCUT2D eigenvalue weighted by atomic mass is 9.90. The average molecular weight is 344 g/mol. The normalized spacial score (nSPS) is 22.0. The second-order valence-corrected chi connectivity index (χ2v) is 6.84. The molecule has 1 aliphatic heterocycles. The van der Waals surface area contributed by atoms with Gasteiger partial charge in [0.15, 0.2) is 0 Å². The van der Waals surface area contributed by atoms with E-state index in [1.807, 2.05) is 0 Å². The van der Waals surface area contributed by atoms with E-state index in [4.69, 9.17) is 4.74 Å². The lowest BCUT2D eigenvalue weighted by molar-refractivity contribution is -0.162. The van der Waals surface area contributed by atoms with Crippen molar-refractivity contribution >= 4 is 11.9 Å². The summed E-state index contributed by atoms with van der Waals surface area (Å²) in [5.41, 5.74) is -0.632. The van der Waals surface area contributed by atoms with Crippen molar-refractivity contribution in [3.63, 3.8) is 0 Å². The first-order valence-electron chi connectivity index (χ1n) is 8.79. The topological polar surface area (TPSA) is 79.7 Å². The van der Waals surface area contributed by atoms with Crippen LogP contribution in [0.3, 0.4) is 0 Å². The van der Waals surface area contributed by atoms with Gasteiger partial charge in [0, 0.05) is 38.5 Å². The monoisotopic (exact) mass is 344 g/mol. The second kappa shape index (κ2) is 7.25. The lowest BCUT2D eigenvalue weighted by Crippen LogP contribution is -2.54. The van der Waals surface area contributed by atoms with Crippen LogP contribution in [0.25, 0.3) is 0 Å². The van der Waals surface area contributed by atoms with Gasteiger partial charge >= 0.3 is 5.97 Å². The van der Waals surface area contributed by atoms with Crippen molar-refractivity contribution in [2.24, 2.45) is 5.92 Å². The SMILES string of the molecule is Cc1ncccc1OC1(C(=O)O)CCN(C(=O)CC2C=CCC2)CC1. The Balaban J connectivity index is 1.64. The number of pyridine rings is 1. The molecule has 6 heteroatoms. The molecule has 2 heterocycles. The summed E-state index contributed by atoms with van der Waals surface area (Å²) in [5.74, 6) is -0.0663. The van der Waals surface area contributed by atoms with E-state index in [2.05, 4.69) is 17.1 Å². The number of aliphatic carboxylic acids is 1. The third-order valence-corrected chi connectivity index (χ3v) is 5.13. The van der Waals surface area contributed by atoms with Crippen LogP contribution in [0.2, 0.25) is 0 Å². The molecule has 134 valence electrons. The standard InChI is InChI=1S/C19H24N2O4/c1-14-16(7-4-10-20-14)25-19(18(23)24)8-11-21(12-9-19)17(22)13-15-5-2-3-6-15/h2,4-5,7,10,15H,3,6,8-9,11-13H2,1H3,(H,23,24). The second-order valence-electron chi connectivity index (χ2n) is 6.84. The zero-order valence-electron chi connectivity index (χ0n) is 14.5. The number of amides is 1. The van der Waals surface area contributed by atoms with Crippen molar-refractivity contribution in [2.75, 3.05) is 13.1 Å². The molecule has 3 rings (SSSR count). The number of allylic oxidation sites excluding steroid dienone is 2.